The lowest BCUT2D eigenvalue weighted by Gasteiger charge is -2.32. The highest BCUT2D eigenvalue weighted by Crippen LogP contribution is 2.25. The maximum atomic E-state index is 12.1. The normalized spacial score (nSPS) is 15.5. The summed E-state index contributed by atoms with van der Waals surface area (Å²) in [4.78, 5) is 14.5. The molecule has 0 spiro atoms. The number of amides is 1. The molecule has 1 saturated heterocycles. The minimum Gasteiger partial charge on any atom is -0.372 e. The minimum absolute atomic E-state index is 0.221. The van der Waals surface area contributed by atoms with E-state index in [1.165, 1.54) is 18.5 Å². The van der Waals surface area contributed by atoms with E-state index < -0.39 is 0 Å². The average molecular weight is 367 g/mol. The standard InChI is InChI=1S/C21H29N5O/c1-15-11-13-26(14-12-15)17-7-5-16(6-8-17)22-19-10-9-18(24-25-19)20(27)23-21(2,3)4/h5-10,15H,11-14H2,1-4H3,(H,22,25)(H,23,27). The monoisotopic (exact) mass is 367 g/mol. The summed E-state index contributed by atoms with van der Waals surface area (Å²) in [6.07, 6.45) is 2.51. The fraction of sp³-hybridized carbons (Fsp3) is 0.476. The Morgan fingerprint density at radius 1 is 1.04 bits per heavy atom. The van der Waals surface area contributed by atoms with Gasteiger partial charge in [0.2, 0.25) is 0 Å². The van der Waals surface area contributed by atoms with Gasteiger partial charge in [0.05, 0.1) is 0 Å². The number of piperidine rings is 1. The zero-order valence-electron chi connectivity index (χ0n) is 16.6. The highest BCUT2D eigenvalue weighted by molar-refractivity contribution is 5.92. The number of nitrogens with one attached hydrogen (secondary N) is 2. The molecule has 0 atom stereocenters. The summed E-state index contributed by atoms with van der Waals surface area (Å²) in [6, 6.07) is 11.8. The maximum absolute atomic E-state index is 12.1. The number of nitrogens with zero attached hydrogens (tertiary/aromatic N) is 3. The molecule has 27 heavy (non-hydrogen) atoms. The number of anilines is 3. The molecular formula is C21H29N5O. The SMILES string of the molecule is CC1CCN(c2ccc(Nc3ccc(C(=O)NC(C)(C)C)nn3)cc2)CC1. The van der Waals surface area contributed by atoms with Gasteiger partial charge in [0.1, 0.15) is 0 Å². The second-order valence-corrected chi connectivity index (χ2v) is 8.35. The van der Waals surface area contributed by atoms with Gasteiger partial charge in [-0.2, -0.15) is 0 Å². The predicted molar refractivity (Wildman–Crippen MR) is 110 cm³/mol. The number of hydrogen-bond acceptors (Lipinski definition) is 5. The number of rotatable bonds is 4. The average Bonchev–Trinajstić information content (AvgIpc) is 2.62. The highest BCUT2D eigenvalue weighted by atomic mass is 16.2. The lowest BCUT2D eigenvalue weighted by atomic mass is 9.99. The Bertz CT molecular complexity index is 757. The maximum Gasteiger partial charge on any atom is 0.272 e. The fourth-order valence-corrected chi connectivity index (χ4v) is 3.09. The van der Waals surface area contributed by atoms with Crippen LogP contribution in [0.5, 0.6) is 0 Å². The Morgan fingerprint density at radius 3 is 2.26 bits per heavy atom. The van der Waals surface area contributed by atoms with E-state index in [-0.39, 0.29) is 11.4 Å². The molecule has 144 valence electrons. The van der Waals surface area contributed by atoms with Crippen molar-refractivity contribution in [3.05, 3.63) is 42.1 Å². The lowest BCUT2D eigenvalue weighted by molar-refractivity contribution is 0.0913. The van der Waals surface area contributed by atoms with Crippen molar-refractivity contribution in [3.63, 3.8) is 0 Å². The van der Waals surface area contributed by atoms with Crippen molar-refractivity contribution >= 4 is 23.1 Å². The van der Waals surface area contributed by atoms with Crippen molar-refractivity contribution in [2.45, 2.75) is 46.1 Å². The molecule has 0 aliphatic carbocycles. The summed E-state index contributed by atoms with van der Waals surface area (Å²) < 4.78 is 0. The van der Waals surface area contributed by atoms with E-state index in [9.17, 15) is 4.79 Å². The summed E-state index contributed by atoms with van der Waals surface area (Å²) in [6.45, 7) is 10.4. The highest BCUT2D eigenvalue weighted by Gasteiger charge is 2.17. The molecule has 1 fully saturated rings. The summed E-state index contributed by atoms with van der Waals surface area (Å²) >= 11 is 0. The van der Waals surface area contributed by atoms with E-state index in [0.29, 0.717) is 11.5 Å². The van der Waals surface area contributed by atoms with Gasteiger partial charge in [-0.25, -0.2) is 0 Å². The van der Waals surface area contributed by atoms with Gasteiger partial charge >= 0.3 is 0 Å². The van der Waals surface area contributed by atoms with Crippen LogP contribution in [-0.4, -0.2) is 34.7 Å². The first-order valence-corrected chi connectivity index (χ1v) is 9.58. The van der Waals surface area contributed by atoms with Crippen LogP contribution in [0.3, 0.4) is 0 Å². The van der Waals surface area contributed by atoms with Crippen molar-refractivity contribution < 1.29 is 4.79 Å². The molecule has 2 N–H and O–H groups in total. The van der Waals surface area contributed by atoms with Crippen molar-refractivity contribution in [2.75, 3.05) is 23.3 Å². The molecule has 6 heteroatoms. The summed E-state index contributed by atoms with van der Waals surface area (Å²) in [5.41, 5.74) is 2.22. The molecule has 0 unspecified atom stereocenters. The second kappa shape index (κ2) is 7.94. The number of benzene rings is 1. The van der Waals surface area contributed by atoms with Crippen LogP contribution in [0.1, 0.15) is 51.0 Å². The van der Waals surface area contributed by atoms with Crippen LogP contribution in [-0.2, 0) is 0 Å². The molecule has 1 aromatic carbocycles. The first kappa shape index (κ1) is 19.1. The third-order valence-corrected chi connectivity index (χ3v) is 4.67. The molecule has 1 aliphatic rings. The van der Waals surface area contributed by atoms with Crippen LogP contribution < -0.4 is 15.5 Å². The Morgan fingerprint density at radius 2 is 1.70 bits per heavy atom. The lowest BCUT2D eigenvalue weighted by Crippen LogP contribution is -2.41. The van der Waals surface area contributed by atoms with Crippen molar-refractivity contribution in [3.8, 4) is 0 Å². The van der Waals surface area contributed by atoms with Gasteiger partial charge in [0.15, 0.2) is 11.5 Å². The van der Waals surface area contributed by atoms with Gasteiger partial charge in [0, 0.05) is 30.0 Å². The van der Waals surface area contributed by atoms with E-state index in [2.05, 4.69) is 56.9 Å². The van der Waals surface area contributed by atoms with Crippen LogP contribution in [0.15, 0.2) is 36.4 Å². The predicted octanol–water partition coefficient (Wildman–Crippen LogP) is 3.98. The first-order chi connectivity index (χ1) is 12.8. The second-order valence-electron chi connectivity index (χ2n) is 8.35. The van der Waals surface area contributed by atoms with Gasteiger partial charge in [-0.3, -0.25) is 4.79 Å². The molecular weight excluding hydrogens is 338 g/mol. The van der Waals surface area contributed by atoms with Crippen molar-refractivity contribution in [1.29, 1.82) is 0 Å². The van der Waals surface area contributed by atoms with Crippen molar-refractivity contribution in [1.82, 2.24) is 15.5 Å². The molecule has 2 aromatic rings. The third kappa shape index (κ3) is 5.42. The molecule has 1 aliphatic heterocycles. The topological polar surface area (TPSA) is 70.2 Å². The number of carbonyl (C=O) groups excluding carboxylic acids is 1. The largest absolute Gasteiger partial charge is 0.372 e. The third-order valence-electron chi connectivity index (χ3n) is 4.67. The summed E-state index contributed by atoms with van der Waals surface area (Å²) in [5.74, 6) is 1.22. The first-order valence-electron chi connectivity index (χ1n) is 9.58. The van der Waals surface area contributed by atoms with Crippen LogP contribution in [0.25, 0.3) is 0 Å². The summed E-state index contributed by atoms with van der Waals surface area (Å²) in [5, 5.41) is 14.2. The van der Waals surface area contributed by atoms with Gasteiger partial charge in [-0.15, -0.1) is 10.2 Å². The van der Waals surface area contributed by atoms with E-state index in [1.807, 2.05) is 20.8 Å². The van der Waals surface area contributed by atoms with E-state index in [0.717, 1.165) is 24.7 Å². The quantitative estimate of drug-likeness (QED) is 0.855. The molecule has 6 nitrogen and oxygen atoms in total. The van der Waals surface area contributed by atoms with E-state index in [4.69, 9.17) is 0 Å². The molecule has 1 amide bonds. The number of carbonyl (C=O) groups is 1. The Kier molecular flexibility index (Phi) is 5.63. The zero-order chi connectivity index (χ0) is 19.4. The Hall–Kier alpha value is -2.63. The van der Waals surface area contributed by atoms with E-state index >= 15 is 0 Å². The molecule has 0 radical (unpaired) electrons. The van der Waals surface area contributed by atoms with Gasteiger partial charge < -0.3 is 15.5 Å². The van der Waals surface area contributed by atoms with Gasteiger partial charge in [-0.1, -0.05) is 6.92 Å². The molecule has 3 rings (SSSR count). The van der Waals surface area contributed by atoms with Gasteiger partial charge in [-0.05, 0) is 75.9 Å². The summed E-state index contributed by atoms with van der Waals surface area (Å²) in [7, 11) is 0. The number of hydrogen-bond donors (Lipinski definition) is 2. The zero-order valence-corrected chi connectivity index (χ0v) is 16.6. The smallest absolute Gasteiger partial charge is 0.272 e. The number of aromatic nitrogens is 2. The van der Waals surface area contributed by atoms with Crippen LogP contribution in [0.4, 0.5) is 17.2 Å². The van der Waals surface area contributed by atoms with Crippen LogP contribution in [0.2, 0.25) is 0 Å². The molecule has 0 bridgehead atoms. The Balaban J connectivity index is 1.59. The van der Waals surface area contributed by atoms with Gasteiger partial charge in [0.25, 0.3) is 5.91 Å². The van der Waals surface area contributed by atoms with E-state index in [1.54, 1.807) is 12.1 Å². The molecule has 1 aromatic heterocycles. The fourth-order valence-electron chi connectivity index (χ4n) is 3.09. The minimum atomic E-state index is -0.302. The van der Waals surface area contributed by atoms with Crippen LogP contribution >= 0.6 is 0 Å². The Labute approximate surface area is 161 Å². The molecule has 2 heterocycles. The van der Waals surface area contributed by atoms with Crippen molar-refractivity contribution in [2.24, 2.45) is 5.92 Å². The molecule has 0 saturated carbocycles. The van der Waals surface area contributed by atoms with Crippen LogP contribution in [0, 0.1) is 5.92 Å².